The van der Waals surface area contributed by atoms with Crippen LogP contribution in [0.3, 0.4) is 0 Å². The number of carbonyl (C=O) groups is 1. The number of nitrogens with zero attached hydrogens (tertiary/aromatic N) is 3. The number of hydrogen-bond acceptors (Lipinski definition) is 5. The Morgan fingerprint density at radius 1 is 1.28 bits per heavy atom. The predicted octanol–water partition coefficient (Wildman–Crippen LogP) is 4.27. The highest BCUT2D eigenvalue weighted by Gasteiger charge is 2.24. The molecule has 1 fully saturated rings. The van der Waals surface area contributed by atoms with Gasteiger partial charge < -0.3 is 10.6 Å². The summed E-state index contributed by atoms with van der Waals surface area (Å²) in [6.45, 7) is 2.69. The van der Waals surface area contributed by atoms with Crippen molar-refractivity contribution in [1.29, 1.82) is 0 Å². The van der Waals surface area contributed by atoms with Crippen LogP contribution in [0.2, 0.25) is 0 Å². The van der Waals surface area contributed by atoms with Crippen LogP contribution in [0.5, 0.6) is 0 Å². The van der Waals surface area contributed by atoms with Crippen LogP contribution in [0.1, 0.15) is 33.6 Å². The van der Waals surface area contributed by atoms with Gasteiger partial charge in [0.15, 0.2) is 11.5 Å². The number of carbonyl (C=O) groups excluding carboxylic acids is 1. The van der Waals surface area contributed by atoms with E-state index in [-0.39, 0.29) is 5.91 Å². The molecule has 6 nitrogen and oxygen atoms in total. The molecule has 0 bridgehead atoms. The molecule has 1 aliphatic carbocycles. The zero-order valence-electron chi connectivity index (χ0n) is 16.1. The molecule has 0 spiro atoms. The Labute approximate surface area is 172 Å². The van der Waals surface area contributed by atoms with E-state index in [2.05, 4.69) is 32.0 Å². The van der Waals surface area contributed by atoms with Crippen LogP contribution in [0.15, 0.2) is 54.3 Å². The summed E-state index contributed by atoms with van der Waals surface area (Å²) >= 11 is 1.71. The first kappa shape index (κ1) is 17.9. The molecule has 4 aromatic rings. The van der Waals surface area contributed by atoms with Gasteiger partial charge >= 0.3 is 0 Å². The Bertz CT molecular complexity index is 1180. The molecule has 5 rings (SSSR count). The molecule has 3 heterocycles. The van der Waals surface area contributed by atoms with Crippen LogP contribution in [-0.4, -0.2) is 26.3 Å². The monoisotopic (exact) mass is 403 g/mol. The predicted molar refractivity (Wildman–Crippen MR) is 115 cm³/mol. The first-order chi connectivity index (χ1) is 14.2. The van der Waals surface area contributed by atoms with Gasteiger partial charge in [0.1, 0.15) is 0 Å². The van der Waals surface area contributed by atoms with Gasteiger partial charge in [-0.25, -0.2) is 9.97 Å². The third-order valence-electron chi connectivity index (χ3n) is 5.12. The number of fused-ring (bicyclic) bond motifs is 1. The first-order valence-corrected chi connectivity index (χ1v) is 10.6. The third kappa shape index (κ3) is 3.61. The van der Waals surface area contributed by atoms with Crippen LogP contribution in [0.4, 0.5) is 5.82 Å². The molecule has 0 radical (unpaired) electrons. The van der Waals surface area contributed by atoms with E-state index in [4.69, 9.17) is 0 Å². The summed E-state index contributed by atoms with van der Waals surface area (Å²) in [5.74, 6) is 0.767. The molecule has 3 aromatic heterocycles. The Balaban J connectivity index is 1.43. The van der Waals surface area contributed by atoms with Crippen LogP contribution in [0, 0.1) is 6.92 Å². The van der Waals surface area contributed by atoms with Crippen molar-refractivity contribution < 1.29 is 4.79 Å². The van der Waals surface area contributed by atoms with Crippen molar-refractivity contribution in [2.75, 3.05) is 5.32 Å². The number of anilines is 1. The smallest absolute Gasteiger partial charge is 0.251 e. The average molecular weight is 404 g/mol. The molecule has 146 valence electrons. The van der Waals surface area contributed by atoms with Gasteiger partial charge in [0.2, 0.25) is 0 Å². The molecular formula is C22H21N5OS. The number of aryl methyl sites for hydroxylation is 1. The summed E-state index contributed by atoms with van der Waals surface area (Å²) in [6.07, 6.45) is 7.71. The number of amides is 1. The van der Waals surface area contributed by atoms with Crippen LogP contribution >= 0.6 is 11.3 Å². The highest BCUT2D eigenvalue weighted by atomic mass is 32.1. The maximum atomic E-state index is 12.4. The Morgan fingerprint density at radius 2 is 2.17 bits per heavy atom. The number of rotatable bonds is 6. The maximum Gasteiger partial charge on any atom is 0.251 e. The van der Waals surface area contributed by atoms with Gasteiger partial charge in [-0.15, -0.1) is 11.3 Å². The molecule has 1 aromatic carbocycles. The molecule has 0 atom stereocenters. The average Bonchev–Trinajstić information content (AvgIpc) is 3.20. The molecule has 1 aliphatic rings. The van der Waals surface area contributed by atoms with Gasteiger partial charge in [-0.3, -0.25) is 9.20 Å². The summed E-state index contributed by atoms with van der Waals surface area (Å²) in [4.78, 5) is 22.7. The topological polar surface area (TPSA) is 71.3 Å². The van der Waals surface area contributed by atoms with E-state index in [0.29, 0.717) is 6.04 Å². The second kappa shape index (κ2) is 7.33. The largest absolute Gasteiger partial charge is 0.362 e. The highest BCUT2D eigenvalue weighted by molar-refractivity contribution is 7.09. The van der Waals surface area contributed by atoms with Crippen LogP contribution in [0.25, 0.3) is 16.9 Å². The van der Waals surface area contributed by atoms with Gasteiger partial charge in [0.25, 0.3) is 5.91 Å². The van der Waals surface area contributed by atoms with Crippen molar-refractivity contribution in [2.45, 2.75) is 32.4 Å². The quantitative estimate of drug-likeness (QED) is 0.504. The van der Waals surface area contributed by atoms with E-state index >= 15 is 0 Å². The molecule has 0 saturated heterocycles. The fraction of sp³-hybridized carbons (Fsp3) is 0.227. The fourth-order valence-corrected chi connectivity index (χ4v) is 4.05. The van der Waals surface area contributed by atoms with Crippen molar-refractivity contribution in [3.8, 4) is 11.3 Å². The number of benzene rings is 1. The molecule has 0 unspecified atom stereocenters. The lowest BCUT2D eigenvalue weighted by atomic mass is 10.0. The lowest BCUT2D eigenvalue weighted by Gasteiger charge is -2.10. The third-order valence-corrected chi connectivity index (χ3v) is 5.99. The summed E-state index contributed by atoms with van der Waals surface area (Å²) < 4.78 is 2.03. The minimum absolute atomic E-state index is 0.0129. The van der Waals surface area contributed by atoms with Crippen LogP contribution in [-0.2, 0) is 6.54 Å². The minimum Gasteiger partial charge on any atom is -0.362 e. The number of imidazole rings is 1. The van der Waals surface area contributed by atoms with Gasteiger partial charge in [-0.2, -0.15) is 0 Å². The highest BCUT2D eigenvalue weighted by Crippen LogP contribution is 2.26. The minimum atomic E-state index is 0.0129. The molecule has 29 heavy (non-hydrogen) atoms. The summed E-state index contributed by atoms with van der Waals surface area (Å²) in [5, 5.41) is 8.50. The van der Waals surface area contributed by atoms with E-state index in [1.54, 1.807) is 17.5 Å². The lowest BCUT2D eigenvalue weighted by molar-refractivity contribution is 0.0950. The second-order valence-corrected chi connectivity index (χ2v) is 8.36. The van der Waals surface area contributed by atoms with Crippen molar-refractivity contribution in [3.63, 3.8) is 0 Å². The number of nitrogens with one attached hydrogen (secondary N) is 2. The standard InChI is InChI=1S/C22H21N5OS/c1-14-11-15(4-7-18(14)22(28)26-16-5-6-16)19-13-25-21-20(23-8-9-27(19)21)24-12-17-3-2-10-29-17/h2-4,7-11,13,16H,5-6,12H2,1H3,(H,23,24)(H,26,28). The normalized spacial score (nSPS) is 13.6. The maximum absolute atomic E-state index is 12.4. The second-order valence-electron chi connectivity index (χ2n) is 7.32. The number of aromatic nitrogens is 3. The van der Waals surface area contributed by atoms with E-state index in [1.165, 1.54) is 4.88 Å². The van der Waals surface area contributed by atoms with Gasteiger partial charge in [-0.05, 0) is 48.9 Å². The van der Waals surface area contributed by atoms with Crippen molar-refractivity contribution >= 4 is 28.7 Å². The van der Waals surface area contributed by atoms with Gasteiger partial charge in [0.05, 0.1) is 18.4 Å². The fourth-order valence-electron chi connectivity index (χ4n) is 3.41. The molecule has 0 aliphatic heterocycles. The molecule has 2 N–H and O–H groups in total. The summed E-state index contributed by atoms with van der Waals surface area (Å²) in [5.41, 5.74) is 4.47. The Hall–Kier alpha value is -3.19. The van der Waals surface area contributed by atoms with E-state index < -0.39 is 0 Å². The summed E-state index contributed by atoms with van der Waals surface area (Å²) in [7, 11) is 0. The Kier molecular flexibility index (Phi) is 4.52. The molecule has 1 amide bonds. The van der Waals surface area contributed by atoms with E-state index in [9.17, 15) is 4.79 Å². The SMILES string of the molecule is Cc1cc(-c2cnc3c(NCc4cccs4)nccn23)ccc1C(=O)NC1CC1. The molecule has 1 saturated carbocycles. The van der Waals surface area contributed by atoms with Crippen LogP contribution < -0.4 is 10.6 Å². The lowest BCUT2D eigenvalue weighted by Crippen LogP contribution is -2.26. The first-order valence-electron chi connectivity index (χ1n) is 9.69. The van der Waals surface area contributed by atoms with Crippen molar-refractivity contribution in [1.82, 2.24) is 19.7 Å². The molecule has 7 heteroatoms. The zero-order valence-corrected chi connectivity index (χ0v) is 16.9. The summed E-state index contributed by atoms with van der Waals surface area (Å²) in [6, 6.07) is 10.4. The van der Waals surface area contributed by atoms with E-state index in [1.807, 2.05) is 48.0 Å². The van der Waals surface area contributed by atoms with Crippen molar-refractivity contribution in [3.05, 3.63) is 70.3 Å². The van der Waals surface area contributed by atoms with E-state index in [0.717, 1.165) is 53.2 Å². The van der Waals surface area contributed by atoms with Crippen molar-refractivity contribution in [2.24, 2.45) is 0 Å². The Morgan fingerprint density at radius 3 is 2.93 bits per heavy atom. The van der Waals surface area contributed by atoms with Gasteiger partial charge in [-0.1, -0.05) is 12.1 Å². The van der Waals surface area contributed by atoms with Gasteiger partial charge in [0, 0.05) is 34.4 Å². The number of thiophene rings is 1. The number of hydrogen-bond donors (Lipinski definition) is 2. The zero-order chi connectivity index (χ0) is 19.8. The molecular weight excluding hydrogens is 382 g/mol.